The minimum atomic E-state index is -1.11. The van der Waals surface area contributed by atoms with Gasteiger partial charge in [0.15, 0.2) is 0 Å². The van der Waals surface area contributed by atoms with E-state index in [9.17, 15) is 4.79 Å². The maximum absolute atomic E-state index is 13.7. The number of amides is 1. The van der Waals surface area contributed by atoms with E-state index in [1.807, 2.05) is 0 Å². The lowest BCUT2D eigenvalue weighted by Gasteiger charge is -2.60. The summed E-state index contributed by atoms with van der Waals surface area (Å²) >= 11 is 0. The fourth-order valence-corrected chi connectivity index (χ4v) is 7.99. The highest BCUT2D eigenvalue weighted by Gasteiger charge is 2.62. The van der Waals surface area contributed by atoms with Gasteiger partial charge in [0.1, 0.15) is 5.54 Å². The van der Waals surface area contributed by atoms with E-state index in [0.29, 0.717) is 6.42 Å². The second-order valence-corrected chi connectivity index (χ2v) is 20.1. The molecule has 35 heavy (non-hydrogen) atoms. The molecule has 0 aromatic heterocycles. The van der Waals surface area contributed by atoms with E-state index in [0.717, 1.165) is 12.8 Å². The summed E-state index contributed by atoms with van der Waals surface area (Å²) in [5.41, 5.74) is -1.65. The van der Waals surface area contributed by atoms with Crippen molar-refractivity contribution in [1.29, 1.82) is 0 Å². The number of hydrogen-bond acceptors (Lipinski definition) is 4. The van der Waals surface area contributed by atoms with E-state index in [2.05, 4.69) is 114 Å². The number of rotatable bonds is 13. The predicted octanol–water partition coefficient (Wildman–Crippen LogP) is 7.08. The average molecular weight is 545 g/mol. The van der Waals surface area contributed by atoms with Crippen molar-refractivity contribution in [3.05, 3.63) is 0 Å². The van der Waals surface area contributed by atoms with Gasteiger partial charge >= 0.3 is 0 Å². The van der Waals surface area contributed by atoms with Crippen LogP contribution in [0.15, 0.2) is 0 Å². The molecule has 0 bridgehead atoms. The molecule has 0 aliphatic rings. The minimum absolute atomic E-state index is 0.0586. The zero-order valence-electron chi connectivity index (χ0n) is 26.0. The molecule has 0 aromatic rings. The fourth-order valence-electron chi connectivity index (χ4n) is 4.93. The molecule has 0 rings (SSSR count). The zero-order chi connectivity index (χ0) is 28.0. The molecule has 5 nitrogen and oxygen atoms in total. The molecule has 0 saturated carbocycles. The first kappa shape index (κ1) is 35.0. The van der Waals surface area contributed by atoms with Crippen molar-refractivity contribution in [3.8, 4) is 0 Å². The van der Waals surface area contributed by atoms with Crippen LogP contribution in [-0.2, 0) is 18.1 Å². The van der Waals surface area contributed by atoms with Crippen molar-refractivity contribution < 1.29 is 18.1 Å². The number of unbranched alkanes of at least 4 members (excludes halogenated alkanes) is 1. The van der Waals surface area contributed by atoms with E-state index in [4.69, 9.17) is 13.3 Å². The van der Waals surface area contributed by atoms with Crippen LogP contribution in [0.4, 0.5) is 0 Å². The quantitative estimate of drug-likeness (QED) is 0.252. The third kappa shape index (κ3) is 10.7. The maximum atomic E-state index is 13.7. The first-order chi connectivity index (χ1) is 15.6. The lowest BCUT2D eigenvalue weighted by molar-refractivity contribution is -0.168. The number of carbonyl (C=O) groups is 1. The molecule has 8 heteroatoms. The van der Waals surface area contributed by atoms with Gasteiger partial charge in [-0.2, -0.15) is 0 Å². The summed E-state index contributed by atoms with van der Waals surface area (Å²) in [6, 6.07) is 0. The highest BCUT2D eigenvalue weighted by Crippen LogP contribution is 2.48. The van der Waals surface area contributed by atoms with Crippen molar-refractivity contribution in [2.75, 3.05) is 0 Å². The minimum Gasteiger partial charge on any atom is -0.411 e. The number of carbonyl (C=O) groups excluding carboxylic acids is 1. The Morgan fingerprint density at radius 3 is 1.14 bits per heavy atom. The Hall–Kier alpha value is 0.000649. The van der Waals surface area contributed by atoms with Gasteiger partial charge in [-0.05, 0) is 61.9 Å². The van der Waals surface area contributed by atoms with E-state index in [-0.39, 0.29) is 40.5 Å². The van der Waals surface area contributed by atoms with Gasteiger partial charge in [-0.25, -0.2) is 0 Å². The van der Waals surface area contributed by atoms with Crippen LogP contribution in [0.3, 0.4) is 0 Å². The fraction of sp³-hybridized carbons (Fsp3) is 0.963. The summed E-state index contributed by atoms with van der Waals surface area (Å²) in [6.07, 6.45) is 1.45. The van der Waals surface area contributed by atoms with Crippen molar-refractivity contribution in [3.63, 3.8) is 0 Å². The van der Waals surface area contributed by atoms with Crippen LogP contribution < -0.4 is 5.32 Å². The molecule has 3 unspecified atom stereocenters. The van der Waals surface area contributed by atoms with Gasteiger partial charge in [0.2, 0.25) is 33.0 Å². The van der Waals surface area contributed by atoms with Crippen molar-refractivity contribution in [1.82, 2.24) is 5.32 Å². The summed E-state index contributed by atoms with van der Waals surface area (Å²) < 4.78 is 20.9. The van der Waals surface area contributed by atoms with Gasteiger partial charge in [-0.3, -0.25) is 4.79 Å². The summed E-state index contributed by atoms with van der Waals surface area (Å²) in [4.78, 5) is 13.7. The summed E-state index contributed by atoms with van der Waals surface area (Å²) in [5, 5.41) is 3.64. The Balaban J connectivity index is 7.72. The second-order valence-electron chi connectivity index (χ2n) is 13.9. The van der Waals surface area contributed by atoms with Gasteiger partial charge < -0.3 is 18.6 Å². The molecule has 0 saturated heterocycles. The smallest absolute Gasteiger partial charge is 0.220 e. The van der Waals surface area contributed by atoms with Crippen molar-refractivity contribution in [2.45, 2.75) is 152 Å². The SMILES string of the molecule is CCCCC(=O)NC(C(O[Si](C)C)C(C)(C)C)(C(O[Si](C)C)C(C)(C)C)C(O[Si](C)C)C(C)(C)C. The molecule has 3 atom stereocenters. The Morgan fingerprint density at radius 2 is 0.943 bits per heavy atom. The largest absolute Gasteiger partial charge is 0.411 e. The summed E-state index contributed by atoms with van der Waals surface area (Å²) in [6.45, 7) is 35.2. The Labute approximate surface area is 224 Å². The lowest BCUT2D eigenvalue weighted by atomic mass is 9.60. The molecular weight excluding hydrogens is 487 g/mol. The van der Waals surface area contributed by atoms with Crippen molar-refractivity contribution in [2.24, 2.45) is 16.2 Å². The summed E-state index contributed by atoms with van der Waals surface area (Å²) in [5.74, 6) is 0.0586. The van der Waals surface area contributed by atoms with Crippen LogP contribution in [-0.4, -0.2) is 56.9 Å². The molecule has 0 aromatic carbocycles. The average Bonchev–Trinajstić information content (AvgIpc) is 2.62. The van der Waals surface area contributed by atoms with Crippen molar-refractivity contribution >= 4 is 33.0 Å². The van der Waals surface area contributed by atoms with Crippen LogP contribution in [0.5, 0.6) is 0 Å². The summed E-state index contributed by atoms with van der Waals surface area (Å²) in [7, 11) is -3.32. The highest BCUT2D eigenvalue weighted by molar-refractivity contribution is 6.49. The number of nitrogens with one attached hydrogen (secondary N) is 1. The Bertz CT molecular complexity index is 564. The molecule has 0 spiro atoms. The number of hydrogen-bond donors (Lipinski definition) is 1. The molecule has 0 heterocycles. The van der Waals surface area contributed by atoms with E-state index < -0.39 is 32.7 Å². The van der Waals surface area contributed by atoms with Gasteiger partial charge in [0.05, 0.1) is 18.3 Å². The van der Waals surface area contributed by atoms with E-state index in [1.54, 1.807) is 0 Å². The first-order valence-electron chi connectivity index (χ1n) is 13.3. The third-order valence-electron chi connectivity index (χ3n) is 5.84. The van der Waals surface area contributed by atoms with Gasteiger partial charge in [0.25, 0.3) is 0 Å². The Kier molecular flexibility index (Phi) is 13.7. The van der Waals surface area contributed by atoms with E-state index >= 15 is 0 Å². The maximum Gasteiger partial charge on any atom is 0.220 e. The van der Waals surface area contributed by atoms with Crippen LogP contribution in [0, 0.1) is 16.2 Å². The Morgan fingerprint density at radius 1 is 0.657 bits per heavy atom. The van der Waals surface area contributed by atoms with Gasteiger partial charge in [-0.15, -0.1) is 0 Å². The highest BCUT2D eigenvalue weighted by atomic mass is 28.3. The first-order valence-corrected chi connectivity index (χ1v) is 20.5. The third-order valence-corrected chi connectivity index (χ3v) is 7.96. The molecule has 0 aliphatic heterocycles. The normalized spacial score (nSPS) is 18.0. The van der Waals surface area contributed by atoms with Gasteiger partial charge in [-0.1, -0.05) is 75.7 Å². The molecule has 3 radical (unpaired) electrons. The van der Waals surface area contributed by atoms with Crippen LogP contribution in [0.2, 0.25) is 39.3 Å². The monoisotopic (exact) mass is 544 g/mol. The predicted molar refractivity (Wildman–Crippen MR) is 156 cm³/mol. The standard InChI is InChI=1S/C27H58NO4Si3/c1-17-18-19-20(29)28-27(21(24(2,3)4)30-33(11)12,22(25(5,6)7)31-34(13)14)23(26(8,9)10)32-35(15)16/h21-23H,17-19H2,1-16H3,(H,28,29). The van der Waals surface area contributed by atoms with E-state index in [1.165, 1.54) is 0 Å². The lowest BCUT2D eigenvalue weighted by Crippen LogP contribution is -2.78. The van der Waals surface area contributed by atoms with Crippen LogP contribution in [0.25, 0.3) is 0 Å². The molecular formula is C27H58NO4Si3. The molecule has 207 valence electrons. The second kappa shape index (κ2) is 13.7. The molecule has 1 amide bonds. The molecule has 1 N–H and O–H groups in total. The van der Waals surface area contributed by atoms with Crippen LogP contribution in [0.1, 0.15) is 88.5 Å². The van der Waals surface area contributed by atoms with Gasteiger partial charge in [0, 0.05) is 6.42 Å². The topological polar surface area (TPSA) is 56.8 Å². The molecule has 0 fully saturated rings. The molecule has 0 aliphatic carbocycles. The van der Waals surface area contributed by atoms with Crippen LogP contribution >= 0.6 is 0 Å². The zero-order valence-corrected chi connectivity index (χ0v) is 29.0.